The number of fused-ring (bicyclic) bond motifs is 1. The number of anilines is 2. The summed E-state index contributed by atoms with van der Waals surface area (Å²) >= 11 is 0. The number of rotatable bonds is 5. The van der Waals surface area contributed by atoms with Gasteiger partial charge >= 0.3 is 0 Å². The van der Waals surface area contributed by atoms with Gasteiger partial charge in [-0.2, -0.15) is 5.10 Å². The molecule has 3 aromatic rings. The van der Waals surface area contributed by atoms with Gasteiger partial charge in [0.15, 0.2) is 6.10 Å². The molecule has 0 saturated heterocycles. The van der Waals surface area contributed by atoms with Crippen LogP contribution in [0.3, 0.4) is 0 Å². The topological polar surface area (TPSA) is 85.3 Å². The summed E-state index contributed by atoms with van der Waals surface area (Å²) < 4.78 is 7.40. The van der Waals surface area contributed by atoms with Crippen molar-refractivity contribution in [2.24, 2.45) is 0 Å². The van der Waals surface area contributed by atoms with Crippen molar-refractivity contribution in [3.05, 3.63) is 72.1 Å². The van der Waals surface area contributed by atoms with Crippen LogP contribution in [0.15, 0.2) is 60.9 Å². The molecule has 2 amide bonds. The zero-order chi connectivity index (χ0) is 19.5. The summed E-state index contributed by atoms with van der Waals surface area (Å²) in [6.45, 7) is 2.65. The minimum absolute atomic E-state index is 0.0800. The van der Waals surface area contributed by atoms with E-state index < -0.39 is 6.10 Å². The number of hydrogen-bond acceptors (Lipinski definition) is 4. The van der Waals surface area contributed by atoms with Gasteiger partial charge in [-0.25, -0.2) is 0 Å². The molecule has 7 nitrogen and oxygen atoms in total. The second-order valence-corrected chi connectivity index (χ2v) is 6.76. The third-order valence-corrected chi connectivity index (χ3v) is 4.46. The lowest BCUT2D eigenvalue weighted by Crippen LogP contribution is -2.39. The number of benzene rings is 2. The molecule has 1 atom stereocenters. The number of aryl methyl sites for hydroxylation is 1. The van der Waals surface area contributed by atoms with Crippen molar-refractivity contribution in [3.8, 4) is 5.75 Å². The molecule has 2 aromatic carbocycles. The molecule has 0 saturated carbocycles. The molecule has 28 heavy (non-hydrogen) atoms. The highest BCUT2D eigenvalue weighted by Gasteiger charge is 2.29. The van der Waals surface area contributed by atoms with E-state index in [1.807, 2.05) is 31.2 Å². The van der Waals surface area contributed by atoms with Gasteiger partial charge in [-0.05, 0) is 24.6 Å². The van der Waals surface area contributed by atoms with Gasteiger partial charge in [0.25, 0.3) is 5.91 Å². The number of nitrogens with one attached hydrogen (secondary N) is 2. The van der Waals surface area contributed by atoms with Crippen LogP contribution in [-0.4, -0.2) is 27.7 Å². The Bertz CT molecular complexity index is 1010. The van der Waals surface area contributed by atoms with E-state index >= 15 is 0 Å². The average molecular weight is 376 g/mol. The Balaban J connectivity index is 1.35. The fourth-order valence-corrected chi connectivity index (χ4v) is 3.00. The molecule has 0 spiro atoms. The molecular formula is C21H20N4O3. The number of hydrogen-bond donors (Lipinski definition) is 2. The van der Waals surface area contributed by atoms with Gasteiger partial charge in [-0.15, -0.1) is 0 Å². The van der Waals surface area contributed by atoms with Crippen LogP contribution in [0.2, 0.25) is 0 Å². The van der Waals surface area contributed by atoms with E-state index in [4.69, 9.17) is 4.74 Å². The number of aromatic nitrogens is 2. The normalized spacial score (nSPS) is 15.3. The number of para-hydroxylation sites is 2. The summed E-state index contributed by atoms with van der Waals surface area (Å²) in [6.07, 6.45) is 2.40. The number of carbonyl (C=O) groups excluding carboxylic acids is 2. The maximum Gasteiger partial charge on any atom is 0.266 e. The van der Waals surface area contributed by atoms with E-state index in [0.717, 1.165) is 5.56 Å². The van der Waals surface area contributed by atoms with Crippen LogP contribution in [0, 0.1) is 6.92 Å². The summed E-state index contributed by atoms with van der Waals surface area (Å²) in [5, 5.41) is 9.79. The average Bonchev–Trinajstić information content (AvgIpc) is 3.11. The third kappa shape index (κ3) is 4.03. The second-order valence-electron chi connectivity index (χ2n) is 6.76. The number of ether oxygens (including phenoxy) is 1. The Kier molecular flexibility index (Phi) is 4.80. The highest BCUT2D eigenvalue weighted by molar-refractivity contribution is 6.01. The van der Waals surface area contributed by atoms with Gasteiger partial charge in [-0.3, -0.25) is 14.3 Å². The highest BCUT2D eigenvalue weighted by Crippen LogP contribution is 2.29. The summed E-state index contributed by atoms with van der Waals surface area (Å²) in [5.41, 5.74) is 3.52. The van der Waals surface area contributed by atoms with Gasteiger partial charge in [0.2, 0.25) is 5.91 Å². The quantitative estimate of drug-likeness (QED) is 0.717. The number of amides is 2. The third-order valence-electron chi connectivity index (χ3n) is 4.46. The first-order chi connectivity index (χ1) is 13.6. The van der Waals surface area contributed by atoms with Crippen LogP contribution in [0.1, 0.15) is 17.5 Å². The first-order valence-corrected chi connectivity index (χ1v) is 9.01. The standard InChI is InChI=1S/C21H20N4O3/c1-14-6-8-15(9-7-14)12-25-13-16(11-22-25)23-20(26)10-19-21(27)24-17-4-2-3-5-18(17)28-19/h2-9,11,13,19H,10,12H2,1H3,(H,23,26)(H,24,27). The van der Waals surface area contributed by atoms with E-state index in [9.17, 15) is 9.59 Å². The highest BCUT2D eigenvalue weighted by atomic mass is 16.5. The van der Waals surface area contributed by atoms with Crippen molar-refractivity contribution < 1.29 is 14.3 Å². The SMILES string of the molecule is Cc1ccc(Cn2cc(NC(=O)CC3Oc4ccccc4NC3=O)cn2)cc1. The molecule has 0 aliphatic carbocycles. The minimum Gasteiger partial charge on any atom is -0.478 e. The Labute approximate surface area is 162 Å². The summed E-state index contributed by atoms with van der Waals surface area (Å²) in [6, 6.07) is 15.3. The Morgan fingerprint density at radius 1 is 1.21 bits per heavy atom. The molecule has 1 aromatic heterocycles. The van der Waals surface area contributed by atoms with Gasteiger partial charge < -0.3 is 15.4 Å². The molecule has 2 heterocycles. The lowest BCUT2D eigenvalue weighted by Gasteiger charge is -2.25. The predicted molar refractivity (Wildman–Crippen MR) is 105 cm³/mol. The molecule has 142 valence electrons. The lowest BCUT2D eigenvalue weighted by atomic mass is 10.1. The van der Waals surface area contributed by atoms with Crippen molar-refractivity contribution in [1.29, 1.82) is 0 Å². The fourth-order valence-electron chi connectivity index (χ4n) is 3.00. The van der Waals surface area contributed by atoms with Crippen LogP contribution >= 0.6 is 0 Å². The molecule has 1 aliphatic heterocycles. The number of carbonyl (C=O) groups is 2. The molecule has 0 radical (unpaired) electrons. The predicted octanol–water partition coefficient (Wildman–Crippen LogP) is 2.97. The van der Waals surface area contributed by atoms with Gasteiger partial charge in [0.05, 0.1) is 30.5 Å². The first kappa shape index (κ1) is 17.8. The molecule has 1 unspecified atom stereocenters. The molecule has 1 aliphatic rings. The summed E-state index contributed by atoms with van der Waals surface area (Å²) in [5.74, 6) is -0.0795. The second kappa shape index (κ2) is 7.56. The van der Waals surface area contributed by atoms with E-state index in [2.05, 4.69) is 27.9 Å². The summed E-state index contributed by atoms with van der Waals surface area (Å²) in [4.78, 5) is 24.5. The van der Waals surface area contributed by atoms with Crippen LogP contribution in [0.25, 0.3) is 0 Å². The Morgan fingerprint density at radius 2 is 2.00 bits per heavy atom. The summed E-state index contributed by atoms with van der Waals surface area (Å²) in [7, 11) is 0. The molecule has 7 heteroatoms. The van der Waals surface area contributed by atoms with E-state index in [1.54, 1.807) is 29.2 Å². The van der Waals surface area contributed by atoms with E-state index in [0.29, 0.717) is 23.7 Å². The lowest BCUT2D eigenvalue weighted by molar-refractivity contribution is -0.128. The van der Waals surface area contributed by atoms with Gasteiger partial charge in [0.1, 0.15) is 5.75 Å². The zero-order valence-corrected chi connectivity index (χ0v) is 15.4. The maximum atomic E-state index is 12.3. The fraction of sp³-hybridized carbons (Fsp3) is 0.190. The van der Waals surface area contributed by atoms with E-state index in [-0.39, 0.29) is 18.2 Å². The van der Waals surface area contributed by atoms with Crippen molar-refractivity contribution >= 4 is 23.2 Å². The van der Waals surface area contributed by atoms with Crippen molar-refractivity contribution in [2.45, 2.75) is 26.0 Å². The van der Waals surface area contributed by atoms with E-state index in [1.165, 1.54) is 5.56 Å². The first-order valence-electron chi connectivity index (χ1n) is 9.01. The van der Waals surface area contributed by atoms with Crippen LogP contribution in [-0.2, 0) is 16.1 Å². The molecule has 2 N–H and O–H groups in total. The Morgan fingerprint density at radius 3 is 2.82 bits per heavy atom. The van der Waals surface area contributed by atoms with Gasteiger partial charge in [0, 0.05) is 6.20 Å². The molecule has 0 bridgehead atoms. The van der Waals surface area contributed by atoms with Crippen LogP contribution in [0.5, 0.6) is 5.75 Å². The minimum atomic E-state index is -0.863. The van der Waals surface area contributed by atoms with Crippen molar-refractivity contribution in [2.75, 3.05) is 10.6 Å². The maximum absolute atomic E-state index is 12.3. The molecule has 0 fully saturated rings. The monoisotopic (exact) mass is 376 g/mol. The smallest absolute Gasteiger partial charge is 0.266 e. The van der Waals surface area contributed by atoms with Gasteiger partial charge in [-0.1, -0.05) is 42.0 Å². The van der Waals surface area contributed by atoms with Crippen molar-refractivity contribution in [1.82, 2.24) is 9.78 Å². The van der Waals surface area contributed by atoms with Crippen LogP contribution in [0.4, 0.5) is 11.4 Å². The van der Waals surface area contributed by atoms with Crippen LogP contribution < -0.4 is 15.4 Å². The molecular weight excluding hydrogens is 356 g/mol. The van der Waals surface area contributed by atoms with Crippen molar-refractivity contribution in [3.63, 3.8) is 0 Å². The largest absolute Gasteiger partial charge is 0.478 e. The number of nitrogens with zero attached hydrogens (tertiary/aromatic N) is 2. The molecule has 4 rings (SSSR count). The Hall–Kier alpha value is -3.61. The zero-order valence-electron chi connectivity index (χ0n) is 15.4.